The third-order valence-corrected chi connectivity index (χ3v) is 8.11. The first-order valence-electron chi connectivity index (χ1n) is 12.3. The van der Waals surface area contributed by atoms with Crippen molar-refractivity contribution in [3.8, 4) is 0 Å². The quantitative estimate of drug-likeness (QED) is 0.411. The molecule has 14 heteroatoms. The summed E-state index contributed by atoms with van der Waals surface area (Å²) in [5, 5.41) is 15.8. The summed E-state index contributed by atoms with van der Waals surface area (Å²) >= 11 is 0. The van der Waals surface area contributed by atoms with Crippen molar-refractivity contribution >= 4 is 21.4 Å². The summed E-state index contributed by atoms with van der Waals surface area (Å²) in [6.07, 6.45) is -6.14. The monoisotopic (exact) mass is 593 g/mol. The van der Waals surface area contributed by atoms with Gasteiger partial charge in [-0.05, 0) is 51.5 Å². The molecule has 40 heavy (non-hydrogen) atoms. The van der Waals surface area contributed by atoms with E-state index in [1.54, 1.807) is 0 Å². The molecule has 5 atom stereocenters. The Morgan fingerprint density at radius 1 is 1.18 bits per heavy atom. The van der Waals surface area contributed by atoms with Crippen molar-refractivity contribution in [2.24, 2.45) is 5.92 Å². The number of anilines is 1. The fourth-order valence-corrected chi connectivity index (χ4v) is 5.66. The molecule has 3 N–H and O–H groups in total. The van der Waals surface area contributed by atoms with Crippen LogP contribution in [-0.2, 0) is 19.4 Å². The number of sulfone groups is 1. The summed E-state index contributed by atoms with van der Waals surface area (Å²) in [5.74, 6) is -7.56. The van der Waals surface area contributed by atoms with E-state index in [1.165, 1.54) is 18.3 Å². The van der Waals surface area contributed by atoms with Crippen LogP contribution in [0.1, 0.15) is 57.9 Å². The predicted octanol–water partition coefficient (Wildman–Crippen LogP) is 4.26. The molecule has 0 radical (unpaired) electrons. The van der Waals surface area contributed by atoms with Crippen LogP contribution in [0.5, 0.6) is 0 Å². The van der Waals surface area contributed by atoms with Crippen LogP contribution < -0.4 is 10.6 Å². The summed E-state index contributed by atoms with van der Waals surface area (Å²) in [6.45, 7) is 7.73. The number of carbonyl (C=O) groups excluding carboxylic acids is 1. The van der Waals surface area contributed by atoms with E-state index in [0.29, 0.717) is 19.2 Å². The van der Waals surface area contributed by atoms with Gasteiger partial charge in [0.2, 0.25) is 0 Å². The molecule has 1 aromatic carbocycles. The van der Waals surface area contributed by atoms with Gasteiger partial charge in [-0.1, -0.05) is 13.0 Å². The third-order valence-electron chi connectivity index (χ3n) is 6.96. The van der Waals surface area contributed by atoms with Crippen molar-refractivity contribution in [3.05, 3.63) is 53.4 Å². The van der Waals surface area contributed by atoms with E-state index in [4.69, 9.17) is 4.74 Å². The molecule has 8 nitrogen and oxygen atoms in total. The molecule has 1 amide bonds. The van der Waals surface area contributed by atoms with E-state index in [-0.39, 0.29) is 23.5 Å². The molecule has 1 aliphatic rings. The number of halogens is 5. The Balaban J connectivity index is 1.98. The van der Waals surface area contributed by atoms with Gasteiger partial charge in [0.1, 0.15) is 17.1 Å². The number of ether oxygens (including phenoxy) is 1. The lowest BCUT2D eigenvalue weighted by Crippen LogP contribution is -2.47. The maximum atomic E-state index is 14.7. The van der Waals surface area contributed by atoms with Gasteiger partial charge in [-0.25, -0.2) is 17.2 Å². The number of aliphatic hydroxyl groups is 1. The van der Waals surface area contributed by atoms with Crippen molar-refractivity contribution in [1.82, 2.24) is 10.3 Å². The van der Waals surface area contributed by atoms with Crippen LogP contribution in [0.25, 0.3) is 0 Å². The number of carbonyl (C=O) groups is 1. The molecule has 1 saturated heterocycles. The maximum absolute atomic E-state index is 14.7. The highest BCUT2D eigenvalue weighted by Gasteiger charge is 2.66. The average molecular weight is 594 g/mol. The molecule has 0 spiro atoms. The van der Waals surface area contributed by atoms with Crippen molar-refractivity contribution in [2.75, 3.05) is 18.1 Å². The minimum Gasteiger partial charge on any atom is -0.385 e. The minimum atomic E-state index is -5.00. The summed E-state index contributed by atoms with van der Waals surface area (Å²) in [6, 6.07) is 4.23. The largest absolute Gasteiger partial charge is 0.417 e. The van der Waals surface area contributed by atoms with Gasteiger partial charge >= 0.3 is 6.18 Å². The van der Waals surface area contributed by atoms with Gasteiger partial charge in [0.25, 0.3) is 5.91 Å². The van der Waals surface area contributed by atoms with Gasteiger partial charge in [0.15, 0.2) is 27.1 Å². The maximum Gasteiger partial charge on any atom is 0.417 e. The van der Waals surface area contributed by atoms with Gasteiger partial charge in [0.05, 0.1) is 17.6 Å². The number of rotatable bonds is 7. The molecular weight excluding hydrogens is 561 g/mol. The van der Waals surface area contributed by atoms with Gasteiger partial charge in [-0.15, -0.1) is 0 Å². The van der Waals surface area contributed by atoms with Gasteiger partial charge < -0.3 is 20.5 Å². The number of nitrogens with zero attached hydrogens (tertiary/aromatic N) is 1. The zero-order valence-electron chi connectivity index (χ0n) is 22.7. The van der Waals surface area contributed by atoms with E-state index in [9.17, 15) is 40.3 Å². The molecule has 0 bridgehead atoms. The zero-order chi connectivity index (χ0) is 30.4. The van der Waals surface area contributed by atoms with E-state index >= 15 is 0 Å². The second-order valence-corrected chi connectivity index (χ2v) is 13.1. The Kier molecular flexibility index (Phi) is 8.72. The predicted molar refractivity (Wildman–Crippen MR) is 136 cm³/mol. The smallest absolute Gasteiger partial charge is 0.385 e. The molecule has 1 aromatic heterocycles. The fraction of sp³-hybridized carbons (Fsp3) is 0.538. The first kappa shape index (κ1) is 31.8. The zero-order valence-corrected chi connectivity index (χ0v) is 23.5. The van der Waals surface area contributed by atoms with E-state index in [2.05, 4.69) is 15.6 Å². The Hall–Kier alpha value is -2.68. The van der Waals surface area contributed by atoms with Crippen LogP contribution in [-0.4, -0.2) is 60.6 Å². The van der Waals surface area contributed by atoms with Crippen LogP contribution in [0.4, 0.5) is 27.6 Å². The van der Waals surface area contributed by atoms with E-state index in [0.717, 1.165) is 13.0 Å². The number of aliphatic hydroxyl groups excluding tert-OH is 1. The SMILES string of the molecule is C[C@H]1[C@@H](c2ccc(F)c(F)c2S(C)(=O)=O)[C@H](C(=O)Nc2ccc([C@@H](O)CNC(C)(C)C)nc2)O[C@@]1(C)C(F)(F)F. The molecular formula is C26H32F5N3O5S. The van der Waals surface area contributed by atoms with Gasteiger partial charge in [-0.2, -0.15) is 13.2 Å². The summed E-state index contributed by atoms with van der Waals surface area (Å²) in [5.41, 5.74) is -3.38. The van der Waals surface area contributed by atoms with Crippen LogP contribution >= 0.6 is 0 Å². The molecule has 2 aromatic rings. The number of amides is 1. The molecule has 3 rings (SSSR count). The Morgan fingerprint density at radius 2 is 1.80 bits per heavy atom. The van der Waals surface area contributed by atoms with E-state index < -0.39 is 73.7 Å². The van der Waals surface area contributed by atoms with Crippen LogP contribution in [0.15, 0.2) is 35.4 Å². The number of benzene rings is 1. The molecule has 1 fully saturated rings. The molecule has 0 unspecified atom stereocenters. The Bertz CT molecular complexity index is 1360. The highest BCUT2D eigenvalue weighted by Crippen LogP contribution is 2.54. The van der Waals surface area contributed by atoms with Crippen molar-refractivity contribution < 1.29 is 45.0 Å². The number of β-amino-alcohol motifs (C(OH)–C–C–N with tert-alkyl or cyclic N) is 1. The topological polar surface area (TPSA) is 118 Å². The number of pyridine rings is 1. The molecule has 1 aliphatic heterocycles. The van der Waals surface area contributed by atoms with Crippen LogP contribution in [0.3, 0.4) is 0 Å². The van der Waals surface area contributed by atoms with E-state index in [1.807, 2.05) is 20.8 Å². The number of hydrogen-bond donors (Lipinski definition) is 3. The Labute approximate surface area is 229 Å². The van der Waals surface area contributed by atoms with Crippen LogP contribution in [0.2, 0.25) is 0 Å². The highest BCUT2D eigenvalue weighted by molar-refractivity contribution is 7.90. The van der Waals surface area contributed by atoms with Crippen molar-refractivity contribution in [2.45, 2.75) is 75.0 Å². The molecule has 222 valence electrons. The number of hydrogen-bond acceptors (Lipinski definition) is 7. The third kappa shape index (κ3) is 6.45. The second-order valence-electron chi connectivity index (χ2n) is 11.1. The molecule has 0 aliphatic carbocycles. The second kappa shape index (κ2) is 11.0. The normalized spacial score (nSPS) is 24.6. The number of nitrogens with one attached hydrogen (secondary N) is 2. The van der Waals surface area contributed by atoms with Gasteiger partial charge in [0, 0.05) is 30.2 Å². The fourth-order valence-electron chi connectivity index (χ4n) is 4.61. The summed E-state index contributed by atoms with van der Waals surface area (Å²) in [7, 11) is -4.48. The molecule has 0 saturated carbocycles. The minimum absolute atomic E-state index is 0.0500. The highest BCUT2D eigenvalue weighted by atomic mass is 32.2. The van der Waals surface area contributed by atoms with Crippen molar-refractivity contribution in [1.29, 1.82) is 0 Å². The first-order valence-corrected chi connectivity index (χ1v) is 14.2. The summed E-state index contributed by atoms with van der Waals surface area (Å²) < 4.78 is 101. The van der Waals surface area contributed by atoms with Gasteiger partial charge in [-0.3, -0.25) is 9.78 Å². The number of aromatic nitrogens is 1. The lowest BCUT2D eigenvalue weighted by atomic mass is 9.77. The summed E-state index contributed by atoms with van der Waals surface area (Å²) in [4.78, 5) is 16.2. The lowest BCUT2D eigenvalue weighted by molar-refractivity contribution is -0.272. The molecule has 2 heterocycles. The average Bonchev–Trinajstić information content (AvgIpc) is 3.10. The van der Waals surface area contributed by atoms with Crippen molar-refractivity contribution in [3.63, 3.8) is 0 Å². The number of alkyl halides is 3. The Morgan fingerprint density at radius 3 is 2.30 bits per heavy atom. The first-order chi connectivity index (χ1) is 18.2. The lowest BCUT2D eigenvalue weighted by Gasteiger charge is -2.32. The standard InChI is InChI=1S/C26H32F5N3O5S/c1-13-19(15-8-9-16(27)20(28)22(15)40(6,37)38)21(39-25(13,5)26(29,30)31)23(36)34-14-7-10-17(32-11-14)18(35)12-33-24(2,3)4/h7-11,13,18-19,21,33,35H,12H2,1-6H3,(H,34,36)/t13-,18-,19-,21+,25+/m0/s1. The van der Waals surface area contributed by atoms with Crippen LogP contribution in [0, 0.1) is 17.6 Å².